The van der Waals surface area contributed by atoms with E-state index in [2.05, 4.69) is 0 Å². The summed E-state index contributed by atoms with van der Waals surface area (Å²) in [6, 6.07) is 1.72. The molecule has 0 saturated heterocycles. The molecule has 1 unspecified atom stereocenters. The average molecular weight is 170 g/mol. The van der Waals surface area contributed by atoms with Crippen LogP contribution in [0.5, 0.6) is 0 Å². The van der Waals surface area contributed by atoms with Crippen LogP contribution in [0, 0.1) is 0 Å². The summed E-state index contributed by atoms with van der Waals surface area (Å²) in [6.45, 7) is 0. The van der Waals surface area contributed by atoms with Crippen LogP contribution in [-0.2, 0) is 0 Å². The number of hydrogen-bond donors (Lipinski definition) is 0. The highest BCUT2D eigenvalue weighted by Gasteiger charge is 2.25. The van der Waals surface area contributed by atoms with E-state index in [0.717, 1.165) is 0 Å². The van der Waals surface area contributed by atoms with Gasteiger partial charge >= 0.3 is 0 Å². The van der Waals surface area contributed by atoms with Gasteiger partial charge in [0.15, 0.2) is 5.78 Å². The van der Waals surface area contributed by atoms with E-state index in [0.29, 0.717) is 23.3 Å². The maximum Gasteiger partial charge on any atom is 0.164 e. The molecule has 0 spiro atoms. The van der Waals surface area contributed by atoms with Gasteiger partial charge in [0.05, 0.1) is 0 Å². The van der Waals surface area contributed by atoms with Crippen LogP contribution in [0.25, 0.3) is 0 Å². The molecule has 1 aromatic rings. The molecule has 2 rings (SSSR count). The van der Waals surface area contributed by atoms with Crippen LogP contribution in [0.1, 0.15) is 34.2 Å². The Morgan fingerprint density at radius 3 is 3.18 bits per heavy atom. The smallest absolute Gasteiger partial charge is 0.164 e. The van der Waals surface area contributed by atoms with Gasteiger partial charge in [0, 0.05) is 16.9 Å². The lowest BCUT2D eigenvalue weighted by atomic mass is 9.97. The van der Waals surface area contributed by atoms with Crippen LogP contribution in [0.3, 0.4) is 0 Å². The normalized spacial score (nSPS) is 23.4. The van der Waals surface area contributed by atoms with Gasteiger partial charge in [-0.2, -0.15) is 0 Å². The lowest BCUT2D eigenvalue weighted by Gasteiger charge is -2.13. The standard InChI is InChI=1S/C8H7FOS/c9-6-1-2-7(10)5-3-4-11-8(5)6/h3-4,6H,1-2H2. The predicted molar refractivity (Wildman–Crippen MR) is 41.7 cm³/mol. The van der Waals surface area contributed by atoms with E-state index in [9.17, 15) is 9.18 Å². The summed E-state index contributed by atoms with van der Waals surface area (Å²) in [7, 11) is 0. The first-order valence-corrected chi connectivity index (χ1v) is 4.41. The molecule has 1 aliphatic rings. The summed E-state index contributed by atoms with van der Waals surface area (Å²) in [4.78, 5) is 11.8. The molecule has 0 aliphatic heterocycles. The summed E-state index contributed by atoms with van der Waals surface area (Å²) >= 11 is 1.34. The fraction of sp³-hybridized carbons (Fsp3) is 0.375. The highest BCUT2D eigenvalue weighted by Crippen LogP contribution is 2.35. The molecule has 1 nitrogen and oxygen atoms in total. The van der Waals surface area contributed by atoms with Gasteiger partial charge < -0.3 is 0 Å². The summed E-state index contributed by atoms with van der Waals surface area (Å²) in [5.74, 6) is 0.0927. The van der Waals surface area contributed by atoms with Crippen LogP contribution in [0.4, 0.5) is 4.39 Å². The first-order chi connectivity index (χ1) is 5.29. The molecule has 1 heterocycles. The van der Waals surface area contributed by atoms with Gasteiger partial charge in [-0.3, -0.25) is 4.79 Å². The van der Waals surface area contributed by atoms with Crippen molar-refractivity contribution in [1.82, 2.24) is 0 Å². The van der Waals surface area contributed by atoms with E-state index >= 15 is 0 Å². The van der Waals surface area contributed by atoms with Crippen molar-refractivity contribution < 1.29 is 9.18 Å². The van der Waals surface area contributed by atoms with Gasteiger partial charge in [-0.1, -0.05) is 0 Å². The zero-order valence-corrected chi connectivity index (χ0v) is 6.66. The summed E-state index contributed by atoms with van der Waals surface area (Å²) in [6.07, 6.45) is -0.167. The van der Waals surface area contributed by atoms with Crippen molar-refractivity contribution in [3.05, 3.63) is 21.9 Å². The highest BCUT2D eigenvalue weighted by molar-refractivity contribution is 7.10. The fourth-order valence-corrected chi connectivity index (χ4v) is 2.24. The fourth-order valence-electron chi connectivity index (χ4n) is 1.32. The molecule has 0 saturated carbocycles. The SMILES string of the molecule is O=C1CCC(F)c2sccc21. The molecule has 1 aliphatic carbocycles. The minimum Gasteiger partial charge on any atom is -0.294 e. The first kappa shape index (κ1) is 6.98. The summed E-state index contributed by atoms with van der Waals surface area (Å²) < 4.78 is 13.0. The molecule has 0 aromatic carbocycles. The van der Waals surface area contributed by atoms with E-state index in [4.69, 9.17) is 0 Å². The molecule has 0 amide bonds. The molecule has 11 heavy (non-hydrogen) atoms. The third-order valence-electron chi connectivity index (χ3n) is 1.90. The zero-order valence-electron chi connectivity index (χ0n) is 5.84. The number of rotatable bonds is 0. The van der Waals surface area contributed by atoms with Crippen molar-refractivity contribution >= 4 is 17.1 Å². The number of ketones is 1. The van der Waals surface area contributed by atoms with Crippen molar-refractivity contribution in [2.75, 3.05) is 0 Å². The minimum absolute atomic E-state index is 0.0927. The third kappa shape index (κ3) is 0.997. The topological polar surface area (TPSA) is 17.1 Å². The second-order valence-electron chi connectivity index (χ2n) is 2.63. The third-order valence-corrected chi connectivity index (χ3v) is 2.91. The molecule has 0 bridgehead atoms. The van der Waals surface area contributed by atoms with Crippen molar-refractivity contribution in [3.63, 3.8) is 0 Å². The van der Waals surface area contributed by atoms with Crippen LogP contribution in [0.2, 0.25) is 0 Å². The van der Waals surface area contributed by atoms with E-state index in [1.165, 1.54) is 11.3 Å². The van der Waals surface area contributed by atoms with Gasteiger partial charge in [-0.15, -0.1) is 11.3 Å². The van der Waals surface area contributed by atoms with Crippen molar-refractivity contribution in [2.24, 2.45) is 0 Å². The number of alkyl halides is 1. The lowest BCUT2D eigenvalue weighted by molar-refractivity contribution is 0.0951. The largest absolute Gasteiger partial charge is 0.294 e. The molecule has 0 fully saturated rings. The van der Waals surface area contributed by atoms with Crippen molar-refractivity contribution in [2.45, 2.75) is 19.0 Å². The number of carbonyl (C=O) groups excluding carboxylic acids is 1. The molecular formula is C8H7FOS. The highest BCUT2D eigenvalue weighted by atomic mass is 32.1. The molecule has 3 heteroatoms. The summed E-state index contributed by atoms with van der Waals surface area (Å²) in [5.41, 5.74) is 0.605. The zero-order chi connectivity index (χ0) is 7.84. The van der Waals surface area contributed by atoms with Crippen molar-refractivity contribution in [1.29, 1.82) is 0 Å². The number of fused-ring (bicyclic) bond motifs is 1. The number of thiophene rings is 1. The molecule has 1 aromatic heterocycles. The number of Topliss-reactive ketones (excluding diaryl/α,β-unsaturated/α-hetero) is 1. The number of hydrogen-bond acceptors (Lipinski definition) is 2. The van der Waals surface area contributed by atoms with Crippen LogP contribution < -0.4 is 0 Å². The van der Waals surface area contributed by atoms with Crippen LogP contribution in [0.15, 0.2) is 11.4 Å². The maximum absolute atomic E-state index is 13.0. The molecule has 1 atom stereocenters. The quantitative estimate of drug-likeness (QED) is 0.585. The molecule has 0 N–H and O–H groups in total. The molecule has 58 valence electrons. The predicted octanol–water partition coefficient (Wildman–Crippen LogP) is 2.74. The number of halogens is 1. The van der Waals surface area contributed by atoms with Gasteiger partial charge in [0.1, 0.15) is 6.17 Å². The van der Waals surface area contributed by atoms with Gasteiger partial charge in [-0.05, 0) is 17.9 Å². The second kappa shape index (κ2) is 2.41. The van der Waals surface area contributed by atoms with Crippen LogP contribution in [-0.4, -0.2) is 5.78 Å². The first-order valence-electron chi connectivity index (χ1n) is 3.53. The number of carbonyl (C=O) groups is 1. The Morgan fingerprint density at radius 1 is 1.64 bits per heavy atom. The Bertz CT molecular complexity index is 292. The van der Waals surface area contributed by atoms with E-state index in [1.54, 1.807) is 11.4 Å². The Hall–Kier alpha value is -0.700. The molecular weight excluding hydrogens is 163 g/mol. The average Bonchev–Trinajstić information content (AvgIpc) is 2.45. The Kier molecular flexibility index (Phi) is 1.53. The molecule has 0 radical (unpaired) electrons. The maximum atomic E-state index is 13.0. The lowest BCUT2D eigenvalue weighted by Crippen LogP contribution is -2.09. The van der Waals surface area contributed by atoms with E-state index in [-0.39, 0.29) is 5.78 Å². The minimum atomic E-state index is -0.900. The Morgan fingerprint density at radius 2 is 2.45 bits per heavy atom. The van der Waals surface area contributed by atoms with Crippen LogP contribution >= 0.6 is 11.3 Å². The van der Waals surface area contributed by atoms with Gasteiger partial charge in [-0.25, -0.2) is 4.39 Å². The monoisotopic (exact) mass is 170 g/mol. The Balaban J connectivity index is 2.51. The van der Waals surface area contributed by atoms with E-state index in [1.807, 2.05) is 0 Å². The van der Waals surface area contributed by atoms with Crippen molar-refractivity contribution in [3.8, 4) is 0 Å². The second-order valence-corrected chi connectivity index (χ2v) is 3.58. The van der Waals surface area contributed by atoms with E-state index < -0.39 is 6.17 Å². The van der Waals surface area contributed by atoms with Gasteiger partial charge in [0.25, 0.3) is 0 Å². The van der Waals surface area contributed by atoms with Gasteiger partial charge in [0.2, 0.25) is 0 Å². The summed E-state index contributed by atoms with van der Waals surface area (Å²) in [5, 5.41) is 1.78. The Labute approximate surface area is 67.9 Å².